The van der Waals surface area contributed by atoms with Crippen molar-refractivity contribution in [3.8, 4) is 0 Å². The molecule has 0 saturated carbocycles. The number of fused-ring (bicyclic) bond motifs is 2. The molecular weight excluding hydrogens is 318 g/mol. The number of rotatable bonds is 1. The van der Waals surface area contributed by atoms with Crippen LogP contribution in [0.15, 0.2) is 85.1 Å². The predicted octanol–water partition coefficient (Wildman–Crippen LogP) is 6.13. The number of hydroxylamine groups is 1. The molecule has 0 aromatic heterocycles. The van der Waals surface area contributed by atoms with Crippen molar-refractivity contribution in [3.05, 3.63) is 90.6 Å². The Morgan fingerprint density at radius 1 is 0.654 bits per heavy atom. The Labute approximate surface area is 150 Å². The summed E-state index contributed by atoms with van der Waals surface area (Å²) in [5.74, 6) is 0.835. The predicted molar refractivity (Wildman–Crippen MR) is 109 cm³/mol. The molecule has 0 atom stereocenters. The van der Waals surface area contributed by atoms with Crippen molar-refractivity contribution in [1.29, 1.82) is 0 Å². The van der Waals surface area contributed by atoms with Gasteiger partial charge in [0.15, 0.2) is 5.76 Å². The Bertz CT molecular complexity index is 1370. The maximum atomic E-state index is 5.63. The van der Waals surface area contributed by atoms with Crippen molar-refractivity contribution in [3.63, 3.8) is 0 Å². The Morgan fingerprint density at radius 3 is 2.00 bits per heavy atom. The number of benzene rings is 5. The second-order valence-electron chi connectivity index (χ2n) is 6.75. The van der Waals surface area contributed by atoms with E-state index in [1.54, 1.807) is 6.20 Å². The van der Waals surface area contributed by atoms with E-state index in [1.807, 2.05) is 12.2 Å². The highest BCUT2D eigenvalue weighted by Gasteiger charge is 2.15. The zero-order valence-electron chi connectivity index (χ0n) is 14.0. The Morgan fingerprint density at radius 2 is 1.31 bits per heavy atom. The maximum Gasteiger partial charge on any atom is 0.162 e. The van der Waals surface area contributed by atoms with Crippen molar-refractivity contribution < 1.29 is 4.84 Å². The zero-order valence-corrected chi connectivity index (χ0v) is 14.0. The molecular formula is C24H15NO. The summed E-state index contributed by atoms with van der Waals surface area (Å²) >= 11 is 0. The summed E-state index contributed by atoms with van der Waals surface area (Å²) in [6, 6.07) is 24.2. The first-order chi connectivity index (χ1) is 12.9. The summed E-state index contributed by atoms with van der Waals surface area (Å²) in [7, 11) is 0. The van der Waals surface area contributed by atoms with Crippen LogP contribution in [-0.2, 0) is 4.84 Å². The molecule has 0 amide bonds. The standard InChI is InChI=1S/C24H15NO/c1-5-15-6-2-10-20-21-14-17(22-11-4-12-25-26-22)13-16-7-3-9-19(24(16)21)18(8-1)23(15)20/h1-14,25H. The minimum atomic E-state index is 0.835. The fourth-order valence-electron chi connectivity index (χ4n) is 4.26. The van der Waals surface area contributed by atoms with Gasteiger partial charge in [-0.25, -0.2) is 5.48 Å². The van der Waals surface area contributed by atoms with Crippen LogP contribution in [0.1, 0.15) is 5.56 Å². The van der Waals surface area contributed by atoms with Crippen LogP contribution in [0.5, 0.6) is 0 Å². The van der Waals surface area contributed by atoms with E-state index in [9.17, 15) is 0 Å². The largest absolute Gasteiger partial charge is 0.382 e. The molecule has 1 aliphatic heterocycles. The Balaban J connectivity index is 1.87. The third-order valence-electron chi connectivity index (χ3n) is 5.33. The van der Waals surface area contributed by atoms with Gasteiger partial charge in [-0.15, -0.1) is 0 Å². The molecule has 0 fully saturated rings. The Kier molecular flexibility index (Phi) is 2.64. The number of hydrogen-bond acceptors (Lipinski definition) is 2. The van der Waals surface area contributed by atoms with E-state index in [0.29, 0.717) is 0 Å². The molecule has 2 nitrogen and oxygen atoms in total. The number of nitrogens with one attached hydrogen (secondary N) is 1. The van der Waals surface area contributed by atoms with Crippen LogP contribution in [0.3, 0.4) is 0 Å². The molecule has 0 saturated heterocycles. The van der Waals surface area contributed by atoms with E-state index in [4.69, 9.17) is 4.84 Å². The molecule has 1 heterocycles. The SMILES string of the molecule is C1=CNOC(c2cc3cccc4c5cccc6cccc(c(c2)c34)c65)=C1. The second-order valence-corrected chi connectivity index (χ2v) is 6.75. The smallest absolute Gasteiger partial charge is 0.162 e. The van der Waals surface area contributed by atoms with Crippen LogP contribution >= 0.6 is 0 Å². The van der Waals surface area contributed by atoms with E-state index in [2.05, 4.69) is 72.2 Å². The van der Waals surface area contributed by atoms with Gasteiger partial charge < -0.3 is 4.84 Å². The minimum absolute atomic E-state index is 0.835. The summed E-state index contributed by atoms with van der Waals surface area (Å²) in [5.41, 5.74) is 3.91. The van der Waals surface area contributed by atoms with Crippen LogP contribution in [0.4, 0.5) is 0 Å². The van der Waals surface area contributed by atoms with Crippen LogP contribution < -0.4 is 5.48 Å². The fraction of sp³-hybridized carbons (Fsp3) is 0. The van der Waals surface area contributed by atoms with E-state index >= 15 is 0 Å². The van der Waals surface area contributed by atoms with Gasteiger partial charge in [0.2, 0.25) is 0 Å². The highest BCUT2D eigenvalue weighted by atomic mass is 16.6. The van der Waals surface area contributed by atoms with E-state index < -0.39 is 0 Å². The maximum absolute atomic E-state index is 5.63. The van der Waals surface area contributed by atoms with E-state index in [0.717, 1.165) is 11.3 Å². The lowest BCUT2D eigenvalue weighted by atomic mass is 9.88. The van der Waals surface area contributed by atoms with Gasteiger partial charge in [-0.3, -0.25) is 0 Å². The monoisotopic (exact) mass is 333 g/mol. The molecule has 5 aromatic carbocycles. The zero-order chi connectivity index (χ0) is 17.1. The minimum Gasteiger partial charge on any atom is -0.382 e. The van der Waals surface area contributed by atoms with Crippen molar-refractivity contribution in [2.75, 3.05) is 0 Å². The van der Waals surface area contributed by atoms with Gasteiger partial charge in [-0.05, 0) is 67.4 Å². The van der Waals surface area contributed by atoms with Crippen molar-refractivity contribution in [2.24, 2.45) is 0 Å². The number of hydrogen-bond donors (Lipinski definition) is 1. The van der Waals surface area contributed by atoms with Gasteiger partial charge in [0.05, 0.1) is 0 Å². The first-order valence-corrected chi connectivity index (χ1v) is 8.79. The lowest BCUT2D eigenvalue weighted by Gasteiger charge is -2.17. The molecule has 26 heavy (non-hydrogen) atoms. The highest BCUT2D eigenvalue weighted by molar-refractivity contribution is 6.33. The average molecular weight is 333 g/mol. The van der Waals surface area contributed by atoms with Gasteiger partial charge in [0.25, 0.3) is 0 Å². The molecule has 0 unspecified atom stereocenters. The summed E-state index contributed by atoms with van der Waals surface area (Å²) < 4.78 is 0. The van der Waals surface area contributed by atoms with Crippen molar-refractivity contribution in [1.82, 2.24) is 5.48 Å². The lowest BCUT2D eigenvalue weighted by molar-refractivity contribution is 0.198. The molecule has 0 bridgehead atoms. The quantitative estimate of drug-likeness (QED) is 0.294. The third kappa shape index (κ3) is 1.76. The van der Waals surface area contributed by atoms with Crippen LogP contribution in [0.25, 0.3) is 48.8 Å². The van der Waals surface area contributed by atoms with Gasteiger partial charge in [-0.2, -0.15) is 0 Å². The van der Waals surface area contributed by atoms with Crippen LogP contribution in [0, 0.1) is 0 Å². The van der Waals surface area contributed by atoms with Crippen molar-refractivity contribution in [2.45, 2.75) is 0 Å². The second kappa shape index (κ2) is 4.99. The molecule has 5 aromatic rings. The molecule has 122 valence electrons. The van der Waals surface area contributed by atoms with Gasteiger partial charge in [0, 0.05) is 11.8 Å². The molecule has 1 N–H and O–H groups in total. The van der Waals surface area contributed by atoms with Gasteiger partial charge >= 0.3 is 0 Å². The van der Waals surface area contributed by atoms with Crippen molar-refractivity contribution >= 4 is 48.8 Å². The molecule has 2 heteroatoms. The highest BCUT2D eigenvalue weighted by Crippen LogP contribution is 2.41. The molecule has 0 aliphatic carbocycles. The van der Waals surface area contributed by atoms with Gasteiger partial charge in [-0.1, -0.05) is 54.6 Å². The topological polar surface area (TPSA) is 21.3 Å². The normalized spacial score (nSPS) is 14.1. The summed E-state index contributed by atoms with van der Waals surface area (Å²) in [6.07, 6.45) is 5.73. The molecule has 0 spiro atoms. The van der Waals surface area contributed by atoms with E-state index in [-0.39, 0.29) is 0 Å². The molecule has 0 radical (unpaired) electrons. The summed E-state index contributed by atoms with van der Waals surface area (Å²) in [6.45, 7) is 0. The molecule has 1 aliphatic rings. The molecule has 6 rings (SSSR count). The Hall–Kier alpha value is -3.52. The van der Waals surface area contributed by atoms with Crippen LogP contribution in [0.2, 0.25) is 0 Å². The average Bonchev–Trinajstić information content (AvgIpc) is 2.72. The first kappa shape index (κ1) is 13.7. The first-order valence-electron chi connectivity index (χ1n) is 8.79. The van der Waals surface area contributed by atoms with Crippen LogP contribution in [-0.4, -0.2) is 0 Å². The summed E-state index contributed by atoms with van der Waals surface area (Å²) in [5, 5.41) is 10.4. The van der Waals surface area contributed by atoms with Gasteiger partial charge in [0.1, 0.15) is 0 Å². The fourth-order valence-corrected chi connectivity index (χ4v) is 4.26. The van der Waals surface area contributed by atoms with E-state index in [1.165, 1.54) is 43.1 Å². The lowest BCUT2D eigenvalue weighted by Crippen LogP contribution is -2.08. The summed E-state index contributed by atoms with van der Waals surface area (Å²) in [4.78, 5) is 5.63. The third-order valence-corrected chi connectivity index (χ3v) is 5.33. The number of allylic oxidation sites excluding steroid dienone is 2.